The van der Waals surface area contributed by atoms with Gasteiger partial charge in [-0.15, -0.1) is 0 Å². The molecule has 3 rings (SSSR count). The van der Waals surface area contributed by atoms with Gasteiger partial charge in [0.2, 0.25) is 5.91 Å². The topological polar surface area (TPSA) is 86.9 Å². The molecular weight excluding hydrogens is 402 g/mol. The summed E-state index contributed by atoms with van der Waals surface area (Å²) in [6, 6.07) is 6.29. The van der Waals surface area contributed by atoms with E-state index in [1.165, 1.54) is 6.92 Å². The molecule has 0 aliphatic heterocycles. The Hall–Kier alpha value is -2.77. The summed E-state index contributed by atoms with van der Waals surface area (Å²) in [5, 5.41) is 12.3. The van der Waals surface area contributed by atoms with Crippen LogP contribution >= 0.6 is 0 Å². The third-order valence-electron chi connectivity index (χ3n) is 6.04. The number of hydrogen-bond acceptors (Lipinski definition) is 3. The Kier molecular flexibility index (Phi) is 7.08. The summed E-state index contributed by atoms with van der Waals surface area (Å²) < 4.78 is 27.7. The number of carbonyl (C=O) groups is 2. The van der Waals surface area contributed by atoms with Crippen LogP contribution in [0.2, 0.25) is 0 Å². The minimum absolute atomic E-state index is 0.152. The average Bonchev–Trinajstić information content (AvgIpc) is 3.10. The van der Waals surface area contributed by atoms with E-state index < -0.39 is 30.2 Å². The maximum absolute atomic E-state index is 13.9. The van der Waals surface area contributed by atoms with Crippen molar-refractivity contribution in [2.24, 2.45) is 5.92 Å². The van der Waals surface area contributed by atoms with Gasteiger partial charge in [-0.05, 0) is 50.3 Å². The smallest absolute Gasteiger partial charge is 0.324 e. The van der Waals surface area contributed by atoms with Crippen molar-refractivity contribution >= 4 is 17.5 Å². The fourth-order valence-electron chi connectivity index (χ4n) is 4.19. The lowest BCUT2D eigenvalue weighted by molar-refractivity contribution is -0.148. The van der Waals surface area contributed by atoms with Crippen molar-refractivity contribution in [2.75, 3.05) is 5.32 Å². The number of aromatic nitrogens is 2. The van der Waals surface area contributed by atoms with Gasteiger partial charge in [0.15, 0.2) is 0 Å². The minimum atomic E-state index is -3.49. The van der Waals surface area contributed by atoms with Gasteiger partial charge in [-0.25, -0.2) is 0 Å². The SMILES string of the molecule is CCC(F)(F)C(=O)N[C@H](C(=O)Nc1ccc(-c2c(C)n[nH]c2C)cc1)C1CCCCC1. The Morgan fingerprint density at radius 2 is 1.81 bits per heavy atom. The predicted octanol–water partition coefficient (Wildman–Crippen LogP) is 4.74. The molecule has 6 nitrogen and oxygen atoms in total. The molecule has 2 aromatic rings. The molecule has 31 heavy (non-hydrogen) atoms. The summed E-state index contributed by atoms with van der Waals surface area (Å²) in [6.45, 7) is 5.10. The second kappa shape index (κ2) is 9.58. The van der Waals surface area contributed by atoms with Gasteiger partial charge in [0, 0.05) is 23.4 Å². The molecule has 0 radical (unpaired) electrons. The van der Waals surface area contributed by atoms with Crippen LogP contribution in [0.3, 0.4) is 0 Å². The first-order chi connectivity index (χ1) is 14.7. The zero-order chi connectivity index (χ0) is 22.6. The van der Waals surface area contributed by atoms with Gasteiger partial charge in [0.1, 0.15) is 6.04 Å². The maximum atomic E-state index is 13.9. The molecule has 1 aliphatic carbocycles. The van der Waals surface area contributed by atoms with E-state index in [0.29, 0.717) is 5.69 Å². The molecule has 1 heterocycles. The second-order valence-corrected chi connectivity index (χ2v) is 8.28. The Bertz CT molecular complexity index is 899. The molecule has 0 spiro atoms. The summed E-state index contributed by atoms with van der Waals surface area (Å²) in [7, 11) is 0. The van der Waals surface area contributed by atoms with Crippen LogP contribution in [0.15, 0.2) is 24.3 Å². The number of nitrogens with one attached hydrogen (secondary N) is 3. The number of alkyl halides is 2. The number of nitrogens with zero attached hydrogens (tertiary/aromatic N) is 1. The second-order valence-electron chi connectivity index (χ2n) is 8.28. The molecule has 3 N–H and O–H groups in total. The molecule has 8 heteroatoms. The molecule has 168 valence electrons. The third-order valence-corrected chi connectivity index (χ3v) is 6.04. The van der Waals surface area contributed by atoms with E-state index in [4.69, 9.17) is 0 Å². The van der Waals surface area contributed by atoms with Crippen LogP contribution in [-0.4, -0.2) is 34.0 Å². The summed E-state index contributed by atoms with van der Waals surface area (Å²) in [4.78, 5) is 25.1. The van der Waals surface area contributed by atoms with E-state index >= 15 is 0 Å². The summed E-state index contributed by atoms with van der Waals surface area (Å²) >= 11 is 0. The van der Waals surface area contributed by atoms with Crippen LogP contribution in [-0.2, 0) is 9.59 Å². The normalized spacial score (nSPS) is 16.0. The van der Waals surface area contributed by atoms with Crippen molar-refractivity contribution in [3.8, 4) is 11.1 Å². The molecule has 1 saturated carbocycles. The molecule has 1 atom stereocenters. The van der Waals surface area contributed by atoms with E-state index in [1.807, 2.05) is 26.0 Å². The molecule has 2 amide bonds. The van der Waals surface area contributed by atoms with Gasteiger partial charge in [0.05, 0.1) is 5.69 Å². The first-order valence-electron chi connectivity index (χ1n) is 10.8. The highest BCUT2D eigenvalue weighted by atomic mass is 19.3. The molecule has 1 fully saturated rings. The number of benzene rings is 1. The van der Waals surface area contributed by atoms with Crippen LogP contribution in [0.4, 0.5) is 14.5 Å². The monoisotopic (exact) mass is 432 g/mol. The summed E-state index contributed by atoms with van der Waals surface area (Å²) in [6.07, 6.45) is 3.76. The van der Waals surface area contributed by atoms with Gasteiger partial charge in [0.25, 0.3) is 5.91 Å². The number of amides is 2. The van der Waals surface area contributed by atoms with Crippen molar-refractivity contribution in [1.82, 2.24) is 15.5 Å². The van der Waals surface area contributed by atoms with Crippen molar-refractivity contribution in [3.63, 3.8) is 0 Å². The highest BCUT2D eigenvalue weighted by Gasteiger charge is 2.40. The predicted molar refractivity (Wildman–Crippen MR) is 116 cm³/mol. The number of rotatable bonds is 7. The highest BCUT2D eigenvalue weighted by Crippen LogP contribution is 2.29. The molecule has 0 saturated heterocycles. The van der Waals surface area contributed by atoms with Crippen molar-refractivity contribution < 1.29 is 18.4 Å². The number of aromatic amines is 1. The van der Waals surface area contributed by atoms with Crippen molar-refractivity contribution in [1.29, 1.82) is 0 Å². The standard InChI is InChI=1S/C23H30F2N4O2/c1-4-23(24,25)22(31)27-20(17-8-6-5-7-9-17)21(30)26-18-12-10-16(11-13-18)19-14(2)28-29-15(19)3/h10-13,17,20H,4-9H2,1-3H3,(H,26,30)(H,27,31)(H,28,29)/t20-/m0/s1. The number of aryl methyl sites for hydroxylation is 2. The fourth-order valence-corrected chi connectivity index (χ4v) is 4.19. The van der Waals surface area contributed by atoms with E-state index in [2.05, 4.69) is 20.8 Å². The van der Waals surface area contributed by atoms with Crippen LogP contribution in [0.5, 0.6) is 0 Å². The van der Waals surface area contributed by atoms with Gasteiger partial charge in [-0.3, -0.25) is 14.7 Å². The van der Waals surface area contributed by atoms with Gasteiger partial charge < -0.3 is 10.6 Å². The largest absolute Gasteiger partial charge is 0.339 e. The zero-order valence-electron chi connectivity index (χ0n) is 18.2. The number of H-pyrrole nitrogens is 1. The number of halogens is 2. The molecule has 1 aliphatic rings. The van der Waals surface area contributed by atoms with E-state index in [1.54, 1.807) is 12.1 Å². The molecule has 1 aromatic carbocycles. The first kappa shape index (κ1) is 22.9. The minimum Gasteiger partial charge on any atom is -0.339 e. The molecular formula is C23H30F2N4O2. The Morgan fingerprint density at radius 1 is 1.16 bits per heavy atom. The lowest BCUT2D eigenvalue weighted by atomic mass is 9.83. The van der Waals surface area contributed by atoms with E-state index in [-0.39, 0.29) is 5.92 Å². The Labute approximate surface area is 181 Å². The number of hydrogen-bond donors (Lipinski definition) is 3. The van der Waals surface area contributed by atoms with Crippen LogP contribution in [0, 0.1) is 19.8 Å². The lowest BCUT2D eigenvalue weighted by Gasteiger charge is -2.31. The maximum Gasteiger partial charge on any atom is 0.324 e. The van der Waals surface area contributed by atoms with Crippen LogP contribution in [0.25, 0.3) is 11.1 Å². The number of anilines is 1. The van der Waals surface area contributed by atoms with E-state index in [9.17, 15) is 18.4 Å². The lowest BCUT2D eigenvalue weighted by Crippen LogP contribution is -2.53. The average molecular weight is 433 g/mol. The van der Waals surface area contributed by atoms with Crippen LogP contribution < -0.4 is 10.6 Å². The molecule has 0 bridgehead atoms. The van der Waals surface area contributed by atoms with Gasteiger partial charge in [-0.2, -0.15) is 13.9 Å². The van der Waals surface area contributed by atoms with E-state index in [0.717, 1.165) is 54.6 Å². The molecule has 0 unspecified atom stereocenters. The number of carbonyl (C=O) groups excluding carboxylic acids is 2. The van der Waals surface area contributed by atoms with Gasteiger partial charge >= 0.3 is 5.92 Å². The van der Waals surface area contributed by atoms with Gasteiger partial charge in [-0.1, -0.05) is 38.3 Å². The summed E-state index contributed by atoms with van der Waals surface area (Å²) in [5.41, 5.74) is 4.34. The highest BCUT2D eigenvalue weighted by molar-refractivity contribution is 5.98. The van der Waals surface area contributed by atoms with Crippen LogP contribution in [0.1, 0.15) is 56.8 Å². The Balaban J connectivity index is 1.75. The quantitative estimate of drug-likeness (QED) is 0.590. The Morgan fingerprint density at radius 3 is 2.35 bits per heavy atom. The molecule has 1 aromatic heterocycles. The summed E-state index contributed by atoms with van der Waals surface area (Å²) in [5.74, 6) is -5.49. The first-order valence-corrected chi connectivity index (χ1v) is 10.8. The fraction of sp³-hybridized carbons (Fsp3) is 0.522. The zero-order valence-corrected chi connectivity index (χ0v) is 18.2. The van der Waals surface area contributed by atoms with Crippen molar-refractivity contribution in [2.45, 2.75) is 71.3 Å². The van der Waals surface area contributed by atoms with Crippen molar-refractivity contribution in [3.05, 3.63) is 35.7 Å². The third kappa shape index (κ3) is 5.29.